The molecule has 1 unspecified atom stereocenters. The molecule has 0 saturated carbocycles. The van der Waals surface area contributed by atoms with Crippen molar-refractivity contribution in [3.8, 4) is 0 Å². The summed E-state index contributed by atoms with van der Waals surface area (Å²) in [4.78, 5) is 43.3. The molecule has 32 heavy (non-hydrogen) atoms. The predicted octanol–water partition coefficient (Wildman–Crippen LogP) is 3.15. The molecule has 9 heteroatoms. The van der Waals surface area contributed by atoms with Crippen molar-refractivity contribution in [1.82, 2.24) is 14.6 Å². The van der Waals surface area contributed by atoms with Gasteiger partial charge in [0.1, 0.15) is 17.9 Å². The number of rotatable bonds is 13. The Kier molecular flexibility index (Phi) is 12.3. The van der Waals surface area contributed by atoms with Crippen LogP contribution in [0.4, 0.5) is 0 Å². The second kappa shape index (κ2) is 14.1. The number of nitrogens with zero attached hydrogens (tertiary/aromatic N) is 2. The summed E-state index contributed by atoms with van der Waals surface area (Å²) in [6.45, 7) is 11.2. The van der Waals surface area contributed by atoms with Crippen molar-refractivity contribution >= 4 is 29.8 Å². The number of carbonyl (C=O) groups is 3. The van der Waals surface area contributed by atoms with Gasteiger partial charge in [-0.2, -0.15) is 0 Å². The normalized spacial score (nSPS) is 12.3. The van der Waals surface area contributed by atoms with Crippen molar-refractivity contribution in [2.75, 3.05) is 18.8 Å². The van der Waals surface area contributed by atoms with E-state index in [0.717, 1.165) is 17.6 Å². The summed E-state index contributed by atoms with van der Waals surface area (Å²) in [5.74, 6) is -0.937. The van der Waals surface area contributed by atoms with Gasteiger partial charge in [0.15, 0.2) is 0 Å². The van der Waals surface area contributed by atoms with Crippen LogP contribution in [0, 0.1) is 0 Å². The van der Waals surface area contributed by atoms with Crippen molar-refractivity contribution in [3.05, 3.63) is 30.1 Å². The lowest BCUT2D eigenvalue weighted by Gasteiger charge is -2.28. The summed E-state index contributed by atoms with van der Waals surface area (Å²) >= 11 is 1.13. The number of esters is 2. The van der Waals surface area contributed by atoms with Crippen LogP contribution in [0.5, 0.6) is 0 Å². The minimum atomic E-state index is -0.624. The molecule has 0 fully saturated rings. The number of carbonyl (C=O) groups excluding carboxylic acids is 3. The van der Waals surface area contributed by atoms with Gasteiger partial charge in [-0.25, -0.2) is 0 Å². The van der Waals surface area contributed by atoms with E-state index in [1.165, 1.54) is 4.90 Å². The topological polar surface area (TPSA) is 97.8 Å². The van der Waals surface area contributed by atoms with Crippen molar-refractivity contribution in [2.45, 2.75) is 78.6 Å². The summed E-state index contributed by atoms with van der Waals surface area (Å²) in [5.41, 5.74) is 0.242. The van der Waals surface area contributed by atoms with Gasteiger partial charge in [0.05, 0.1) is 12.1 Å². The minimum absolute atomic E-state index is 0.0748. The van der Waals surface area contributed by atoms with Crippen LogP contribution in [-0.2, 0) is 30.3 Å². The van der Waals surface area contributed by atoms with Gasteiger partial charge >= 0.3 is 11.9 Å². The van der Waals surface area contributed by atoms with Crippen LogP contribution in [0.3, 0.4) is 0 Å². The predicted molar refractivity (Wildman–Crippen MR) is 126 cm³/mol. The van der Waals surface area contributed by atoms with Gasteiger partial charge < -0.3 is 14.4 Å². The second-order valence-electron chi connectivity index (χ2n) is 8.70. The number of ether oxygens (including phenoxy) is 2. The summed E-state index contributed by atoms with van der Waals surface area (Å²) in [6.07, 6.45) is 3.26. The Balaban J connectivity index is 2.85. The van der Waals surface area contributed by atoms with E-state index in [2.05, 4.69) is 9.71 Å². The van der Waals surface area contributed by atoms with Crippen LogP contribution in [0.2, 0.25) is 0 Å². The Morgan fingerprint density at radius 2 is 1.91 bits per heavy atom. The highest BCUT2D eigenvalue weighted by atomic mass is 32.2. The van der Waals surface area contributed by atoms with E-state index >= 15 is 0 Å². The van der Waals surface area contributed by atoms with Crippen LogP contribution < -0.4 is 4.72 Å². The summed E-state index contributed by atoms with van der Waals surface area (Å²) < 4.78 is 13.6. The van der Waals surface area contributed by atoms with Crippen LogP contribution in [0.15, 0.2) is 24.4 Å². The van der Waals surface area contributed by atoms with Gasteiger partial charge in [-0.1, -0.05) is 24.9 Å². The first-order valence-corrected chi connectivity index (χ1v) is 12.0. The highest BCUT2D eigenvalue weighted by Gasteiger charge is 2.27. The summed E-state index contributed by atoms with van der Waals surface area (Å²) in [5, 5.41) is 0. The molecule has 0 bridgehead atoms. The minimum Gasteiger partial charge on any atom is -0.462 e. The number of pyridine rings is 1. The first-order valence-electron chi connectivity index (χ1n) is 11.0. The maximum atomic E-state index is 13.3. The molecule has 1 amide bonds. The highest BCUT2D eigenvalue weighted by Crippen LogP contribution is 2.12. The van der Waals surface area contributed by atoms with E-state index in [0.29, 0.717) is 25.8 Å². The van der Waals surface area contributed by atoms with E-state index in [4.69, 9.17) is 9.47 Å². The molecule has 1 rings (SSSR count). The Bertz CT molecular complexity index is 722. The van der Waals surface area contributed by atoms with E-state index in [-0.39, 0.29) is 30.3 Å². The molecule has 0 aliphatic carbocycles. The zero-order valence-electron chi connectivity index (χ0n) is 20.1. The molecule has 0 saturated heterocycles. The van der Waals surface area contributed by atoms with Crippen molar-refractivity contribution in [2.24, 2.45) is 0 Å². The Labute approximate surface area is 195 Å². The summed E-state index contributed by atoms with van der Waals surface area (Å²) in [6, 6.07) is 5.04. The lowest BCUT2D eigenvalue weighted by atomic mass is 10.1. The molecule has 0 aliphatic rings. The largest absolute Gasteiger partial charge is 0.462 e. The number of aryl methyl sites for hydroxylation is 1. The maximum absolute atomic E-state index is 13.3. The third-order valence-electron chi connectivity index (χ3n) is 4.04. The fourth-order valence-corrected chi connectivity index (χ4v) is 3.55. The van der Waals surface area contributed by atoms with Gasteiger partial charge in [-0.15, -0.1) is 0 Å². The Hall–Kier alpha value is -2.13. The number of hydrogen-bond acceptors (Lipinski definition) is 8. The van der Waals surface area contributed by atoms with Gasteiger partial charge in [0.2, 0.25) is 5.91 Å². The first-order chi connectivity index (χ1) is 15.0. The fourth-order valence-electron chi connectivity index (χ4n) is 2.86. The molecule has 1 atom stereocenters. The van der Waals surface area contributed by atoms with Crippen LogP contribution in [-0.4, -0.2) is 64.3 Å². The molecule has 0 aromatic carbocycles. The zero-order valence-corrected chi connectivity index (χ0v) is 20.9. The lowest BCUT2D eigenvalue weighted by molar-refractivity contribution is -0.159. The zero-order chi connectivity index (χ0) is 24.1. The monoisotopic (exact) mass is 467 g/mol. The smallest absolute Gasteiger partial charge is 0.326 e. The number of amides is 1. The van der Waals surface area contributed by atoms with E-state index in [1.54, 1.807) is 40.8 Å². The quantitative estimate of drug-likeness (QED) is 0.349. The highest BCUT2D eigenvalue weighted by molar-refractivity contribution is 7.98. The van der Waals surface area contributed by atoms with Crippen molar-refractivity contribution in [3.63, 3.8) is 0 Å². The molecular weight excluding hydrogens is 430 g/mol. The first kappa shape index (κ1) is 27.9. The maximum Gasteiger partial charge on any atom is 0.326 e. The molecule has 1 aromatic rings. The number of aromatic nitrogens is 1. The molecule has 1 aromatic heterocycles. The van der Waals surface area contributed by atoms with Crippen molar-refractivity contribution in [1.29, 1.82) is 0 Å². The van der Waals surface area contributed by atoms with Gasteiger partial charge in [-0.05, 0) is 66.0 Å². The fraction of sp³-hybridized carbons (Fsp3) is 0.652. The number of nitrogens with one attached hydrogen (secondary N) is 1. The molecular formula is C23H37N3O5S. The van der Waals surface area contributed by atoms with E-state index < -0.39 is 17.6 Å². The van der Waals surface area contributed by atoms with Crippen molar-refractivity contribution < 1.29 is 23.9 Å². The lowest BCUT2D eigenvalue weighted by Crippen LogP contribution is -2.48. The Morgan fingerprint density at radius 1 is 1.19 bits per heavy atom. The van der Waals surface area contributed by atoms with Crippen LogP contribution >= 0.6 is 11.9 Å². The second-order valence-corrected chi connectivity index (χ2v) is 9.52. The standard InChI is InChI=1S/C23H37N3O5S/c1-7-14-26(15-20(27)31-23(4,5)6)22(29)19(12-11-18-10-8-9-13-24-18)25-32-16-21(28)30-17(2)3/h8-10,13,17,19,25H,7,11-12,14-16H2,1-6H3. The molecule has 1 heterocycles. The number of hydrogen-bond donors (Lipinski definition) is 1. The molecule has 0 spiro atoms. The molecule has 0 radical (unpaired) electrons. The van der Waals surface area contributed by atoms with Crippen LogP contribution in [0.25, 0.3) is 0 Å². The van der Waals surface area contributed by atoms with E-state index in [9.17, 15) is 14.4 Å². The molecule has 0 aliphatic heterocycles. The SMILES string of the molecule is CCCN(CC(=O)OC(C)(C)C)C(=O)C(CCc1ccccn1)NSCC(=O)OC(C)C. The third-order valence-corrected chi connectivity index (χ3v) is 4.87. The van der Waals surface area contributed by atoms with Gasteiger partial charge in [0.25, 0.3) is 0 Å². The molecule has 1 N–H and O–H groups in total. The molecule has 8 nitrogen and oxygen atoms in total. The van der Waals surface area contributed by atoms with E-state index in [1.807, 2.05) is 25.1 Å². The van der Waals surface area contributed by atoms with Gasteiger partial charge in [0, 0.05) is 18.4 Å². The molecule has 180 valence electrons. The van der Waals surface area contributed by atoms with Gasteiger partial charge in [-0.3, -0.25) is 24.1 Å². The Morgan fingerprint density at radius 3 is 2.47 bits per heavy atom. The average molecular weight is 468 g/mol. The van der Waals surface area contributed by atoms with Crippen LogP contribution in [0.1, 0.15) is 60.1 Å². The summed E-state index contributed by atoms with van der Waals surface area (Å²) in [7, 11) is 0. The average Bonchev–Trinajstić information content (AvgIpc) is 2.68. The third kappa shape index (κ3) is 12.0.